The molecule has 0 saturated carbocycles. The zero-order valence-electron chi connectivity index (χ0n) is 15.3. The molecule has 0 aromatic carbocycles. The van der Waals surface area contributed by atoms with Gasteiger partial charge >= 0.3 is 5.97 Å². The number of thiophene rings is 1. The lowest BCUT2D eigenvalue weighted by Gasteiger charge is -2.11. The van der Waals surface area contributed by atoms with Gasteiger partial charge in [-0.25, -0.2) is 9.78 Å². The lowest BCUT2D eigenvalue weighted by atomic mass is 10.0. The summed E-state index contributed by atoms with van der Waals surface area (Å²) in [4.78, 5) is 45.0. The van der Waals surface area contributed by atoms with Crippen LogP contribution in [0.2, 0.25) is 0 Å². The van der Waals surface area contributed by atoms with Crippen molar-refractivity contribution in [3.05, 3.63) is 51.1 Å². The number of esters is 1. The van der Waals surface area contributed by atoms with Gasteiger partial charge in [-0.1, -0.05) is 6.07 Å². The number of nitrogens with zero attached hydrogens (tertiary/aromatic N) is 1. The number of H-pyrrole nitrogens is 1. The molecule has 0 fully saturated rings. The molecule has 3 aromatic rings. The van der Waals surface area contributed by atoms with Crippen molar-refractivity contribution < 1.29 is 19.1 Å². The van der Waals surface area contributed by atoms with Crippen LogP contribution in [-0.4, -0.2) is 33.6 Å². The molecule has 3 heterocycles. The van der Waals surface area contributed by atoms with E-state index in [1.807, 2.05) is 17.5 Å². The van der Waals surface area contributed by atoms with Crippen LogP contribution < -0.4 is 0 Å². The van der Waals surface area contributed by atoms with Crippen LogP contribution >= 0.6 is 22.7 Å². The molecule has 8 heteroatoms. The number of ether oxygens (including phenoxy) is 1. The highest BCUT2D eigenvalue weighted by Gasteiger charge is 2.27. The third kappa shape index (κ3) is 3.77. The number of hydrogen-bond donors (Lipinski definition) is 1. The molecule has 0 radical (unpaired) electrons. The molecule has 0 amide bonds. The van der Waals surface area contributed by atoms with Crippen LogP contribution in [0.5, 0.6) is 0 Å². The number of hydrogen-bond acceptors (Lipinski definition) is 7. The Kier molecular flexibility index (Phi) is 5.38. The molecule has 0 saturated heterocycles. The maximum atomic E-state index is 12.7. The van der Waals surface area contributed by atoms with Crippen LogP contribution in [0, 0.1) is 13.8 Å². The van der Waals surface area contributed by atoms with Gasteiger partial charge in [0.25, 0.3) is 0 Å². The first-order valence-corrected chi connectivity index (χ1v) is 10.00. The molecule has 140 valence electrons. The Hall–Kier alpha value is -2.58. The van der Waals surface area contributed by atoms with Gasteiger partial charge < -0.3 is 9.72 Å². The molecule has 6 nitrogen and oxygen atoms in total. The number of aromatic nitrogens is 2. The molecule has 27 heavy (non-hydrogen) atoms. The molecule has 1 N–H and O–H groups in total. The Morgan fingerprint density at radius 2 is 1.96 bits per heavy atom. The zero-order valence-corrected chi connectivity index (χ0v) is 16.9. The maximum Gasteiger partial charge on any atom is 0.358 e. The summed E-state index contributed by atoms with van der Waals surface area (Å²) < 4.78 is 5.30. The molecular weight excluding hydrogens is 384 g/mol. The minimum atomic E-state index is -0.999. The number of aromatic amines is 1. The van der Waals surface area contributed by atoms with Crippen molar-refractivity contribution in [2.45, 2.75) is 33.8 Å². The number of nitrogens with one attached hydrogen (secondary N) is 1. The highest BCUT2D eigenvalue weighted by molar-refractivity contribution is 7.20. The zero-order chi connectivity index (χ0) is 19.7. The molecule has 0 bridgehead atoms. The average molecular weight is 402 g/mol. The number of thiazole rings is 1. The van der Waals surface area contributed by atoms with Gasteiger partial charge in [0.1, 0.15) is 5.01 Å². The molecule has 0 aliphatic carbocycles. The van der Waals surface area contributed by atoms with E-state index in [9.17, 15) is 14.4 Å². The fourth-order valence-corrected chi connectivity index (χ4v) is 4.49. The Morgan fingerprint density at radius 1 is 1.22 bits per heavy atom. The first-order valence-electron chi connectivity index (χ1n) is 8.24. The van der Waals surface area contributed by atoms with Crippen LogP contribution in [0.25, 0.3) is 9.88 Å². The standard InChI is InChI=1S/C19H18N2O4S2/c1-9-15(11(3)22)10(2)20-16(9)17(23)12(4)25-19(24)13-8-27-18(21-13)14-6-5-7-26-14/h5-8,12,20H,1-4H3/t12-/m0/s1. The summed E-state index contributed by atoms with van der Waals surface area (Å²) in [6.45, 7) is 6.40. The summed E-state index contributed by atoms with van der Waals surface area (Å²) >= 11 is 2.88. The van der Waals surface area contributed by atoms with Crippen LogP contribution in [-0.2, 0) is 4.74 Å². The second-order valence-corrected chi connectivity index (χ2v) is 7.91. The van der Waals surface area contributed by atoms with E-state index in [-0.39, 0.29) is 23.0 Å². The summed E-state index contributed by atoms with van der Waals surface area (Å²) in [5.74, 6) is -1.15. The Morgan fingerprint density at radius 3 is 2.56 bits per heavy atom. The number of ketones is 2. The Bertz CT molecular complexity index is 1010. The van der Waals surface area contributed by atoms with E-state index >= 15 is 0 Å². The van der Waals surface area contributed by atoms with Crippen molar-refractivity contribution >= 4 is 40.2 Å². The van der Waals surface area contributed by atoms with Crippen molar-refractivity contribution in [1.82, 2.24) is 9.97 Å². The van der Waals surface area contributed by atoms with Gasteiger partial charge in [-0.05, 0) is 44.7 Å². The fourth-order valence-electron chi connectivity index (χ4n) is 2.88. The van der Waals surface area contributed by atoms with Gasteiger partial charge in [-0.2, -0.15) is 0 Å². The third-order valence-electron chi connectivity index (χ3n) is 4.13. The number of carbonyl (C=O) groups excluding carboxylic acids is 3. The normalized spacial score (nSPS) is 12.0. The minimum absolute atomic E-state index is 0.117. The van der Waals surface area contributed by atoms with Crippen molar-refractivity contribution in [2.75, 3.05) is 0 Å². The quantitative estimate of drug-likeness (QED) is 0.486. The average Bonchev–Trinajstić information content (AvgIpc) is 3.33. The van der Waals surface area contributed by atoms with E-state index in [2.05, 4.69) is 9.97 Å². The second-order valence-electron chi connectivity index (χ2n) is 6.11. The SMILES string of the molecule is CC(=O)c1c(C)[nH]c(C(=O)[C@H](C)OC(=O)c2csc(-c3cccs3)n2)c1C. The number of carbonyl (C=O) groups is 3. The van der Waals surface area contributed by atoms with Crippen molar-refractivity contribution in [1.29, 1.82) is 0 Å². The first kappa shape index (κ1) is 19.2. The van der Waals surface area contributed by atoms with Crippen molar-refractivity contribution in [3.8, 4) is 9.88 Å². The van der Waals surface area contributed by atoms with Gasteiger partial charge in [0, 0.05) is 16.6 Å². The third-order valence-corrected chi connectivity index (χ3v) is 6.02. The summed E-state index contributed by atoms with van der Waals surface area (Å²) in [7, 11) is 0. The molecule has 0 unspecified atom stereocenters. The molecular formula is C19H18N2O4S2. The maximum absolute atomic E-state index is 12.7. The largest absolute Gasteiger partial charge is 0.449 e. The highest BCUT2D eigenvalue weighted by atomic mass is 32.1. The van der Waals surface area contributed by atoms with Crippen molar-refractivity contribution in [2.24, 2.45) is 0 Å². The summed E-state index contributed by atoms with van der Waals surface area (Å²) in [5, 5.41) is 4.29. The van der Waals surface area contributed by atoms with Crippen LogP contribution in [0.1, 0.15) is 56.4 Å². The van der Waals surface area contributed by atoms with Crippen LogP contribution in [0.4, 0.5) is 0 Å². The summed E-state index contributed by atoms with van der Waals surface area (Å²) in [6, 6.07) is 3.84. The van der Waals surface area contributed by atoms with Gasteiger partial charge in [0.05, 0.1) is 10.6 Å². The van der Waals surface area contributed by atoms with E-state index in [0.717, 1.165) is 9.88 Å². The molecule has 0 aliphatic heterocycles. The summed E-state index contributed by atoms with van der Waals surface area (Å²) in [6.07, 6.45) is -0.999. The minimum Gasteiger partial charge on any atom is -0.449 e. The lowest BCUT2D eigenvalue weighted by Crippen LogP contribution is -2.25. The molecule has 0 spiro atoms. The van der Waals surface area contributed by atoms with E-state index < -0.39 is 12.1 Å². The molecule has 3 rings (SSSR count). The smallest absolute Gasteiger partial charge is 0.358 e. The van der Waals surface area contributed by atoms with Gasteiger partial charge in [0.2, 0.25) is 5.78 Å². The Balaban J connectivity index is 1.74. The van der Waals surface area contributed by atoms with E-state index in [1.165, 1.54) is 36.5 Å². The monoisotopic (exact) mass is 402 g/mol. The van der Waals surface area contributed by atoms with Crippen LogP contribution in [0.3, 0.4) is 0 Å². The predicted octanol–water partition coefficient (Wildman–Crippen LogP) is 4.45. The van der Waals surface area contributed by atoms with Gasteiger partial charge in [-0.15, -0.1) is 22.7 Å². The van der Waals surface area contributed by atoms with Crippen LogP contribution in [0.15, 0.2) is 22.9 Å². The molecule has 3 aromatic heterocycles. The topological polar surface area (TPSA) is 89.1 Å². The van der Waals surface area contributed by atoms with E-state index in [0.29, 0.717) is 16.8 Å². The lowest BCUT2D eigenvalue weighted by molar-refractivity contribution is 0.0312. The van der Waals surface area contributed by atoms with E-state index in [1.54, 1.807) is 19.2 Å². The van der Waals surface area contributed by atoms with Gasteiger partial charge in [0.15, 0.2) is 17.6 Å². The number of Topliss-reactive ketones (excluding diaryl/α,β-unsaturated/α-hetero) is 2. The summed E-state index contributed by atoms with van der Waals surface area (Å²) in [5.41, 5.74) is 2.16. The molecule has 1 atom stereocenters. The molecule has 0 aliphatic rings. The number of aryl methyl sites for hydroxylation is 1. The second kappa shape index (κ2) is 7.58. The Labute approximate surface area is 164 Å². The van der Waals surface area contributed by atoms with Crippen molar-refractivity contribution in [3.63, 3.8) is 0 Å². The van der Waals surface area contributed by atoms with E-state index in [4.69, 9.17) is 4.74 Å². The number of rotatable bonds is 6. The predicted molar refractivity (Wildman–Crippen MR) is 105 cm³/mol. The highest BCUT2D eigenvalue weighted by Crippen LogP contribution is 2.28. The fraction of sp³-hybridized carbons (Fsp3) is 0.263. The van der Waals surface area contributed by atoms with Gasteiger partial charge in [-0.3, -0.25) is 9.59 Å². The first-order chi connectivity index (χ1) is 12.8.